The van der Waals surface area contributed by atoms with Crippen molar-refractivity contribution >= 4 is 11.8 Å². The van der Waals surface area contributed by atoms with E-state index in [1.54, 1.807) is 7.05 Å². The smallest absolute Gasteiger partial charge is 0.407 e. The summed E-state index contributed by atoms with van der Waals surface area (Å²) in [7, 11) is 1.68. The number of alkyl carbamates (subject to hydrolysis) is 1. The van der Waals surface area contributed by atoms with Gasteiger partial charge in [-0.15, -0.1) is 0 Å². The Morgan fingerprint density at radius 3 is 2.45 bits per heavy atom. The topological polar surface area (TPSA) is 116 Å². The number of likely N-dealkylation sites (N-methyl/N-ethyl adjacent to an activating group) is 1. The monoisotopic (exact) mass is 403 g/mol. The summed E-state index contributed by atoms with van der Waals surface area (Å²) in [6, 6.07) is 3.74. The van der Waals surface area contributed by atoms with Gasteiger partial charge in [-0.2, -0.15) is 0 Å². The van der Waals surface area contributed by atoms with E-state index in [9.17, 15) is 4.79 Å². The van der Waals surface area contributed by atoms with Crippen LogP contribution < -0.4 is 21.6 Å². The molecule has 0 saturated heterocycles. The van der Waals surface area contributed by atoms with Gasteiger partial charge < -0.3 is 25.5 Å². The molecule has 2 saturated carbocycles. The summed E-state index contributed by atoms with van der Waals surface area (Å²) < 4.78 is 11.4. The molecule has 1 heterocycles. The highest BCUT2D eigenvalue weighted by Gasteiger charge is 2.22. The standard InChI is InChI=1S/C21H33N5O3/c1-14-19(28-15-7-4-3-5-8-15)12-11-17(25-14)20(22)18(26(2)23)13-24-21(27)29-16-9-6-10-16/h11-12,15-16H,3-10,13,22-23H2,1-2H3,(H,24,27)/b20-18-. The van der Waals surface area contributed by atoms with Crippen molar-refractivity contribution in [2.24, 2.45) is 11.6 Å². The highest BCUT2D eigenvalue weighted by molar-refractivity contribution is 5.69. The van der Waals surface area contributed by atoms with Gasteiger partial charge in [0.2, 0.25) is 0 Å². The minimum Gasteiger partial charge on any atom is -0.489 e. The van der Waals surface area contributed by atoms with Crippen LogP contribution in [0.1, 0.15) is 62.8 Å². The molecule has 3 rings (SSSR count). The van der Waals surface area contributed by atoms with E-state index in [1.807, 2.05) is 19.1 Å². The normalized spacial score (nSPS) is 18.4. The quantitative estimate of drug-likeness (QED) is 0.473. The van der Waals surface area contributed by atoms with E-state index in [4.69, 9.17) is 21.1 Å². The maximum Gasteiger partial charge on any atom is 0.407 e. The van der Waals surface area contributed by atoms with Gasteiger partial charge in [0, 0.05) is 7.05 Å². The molecule has 0 atom stereocenters. The average molecular weight is 404 g/mol. The largest absolute Gasteiger partial charge is 0.489 e. The zero-order chi connectivity index (χ0) is 20.8. The lowest BCUT2D eigenvalue weighted by Gasteiger charge is -2.26. The molecule has 1 amide bonds. The zero-order valence-corrected chi connectivity index (χ0v) is 17.4. The van der Waals surface area contributed by atoms with Crippen LogP contribution in [-0.2, 0) is 4.74 Å². The summed E-state index contributed by atoms with van der Waals surface area (Å²) in [6.07, 6.45) is 8.68. The van der Waals surface area contributed by atoms with E-state index in [-0.39, 0.29) is 18.8 Å². The van der Waals surface area contributed by atoms with E-state index in [0.717, 1.165) is 43.5 Å². The van der Waals surface area contributed by atoms with Crippen LogP contribution in [0.3, 0.4) is 0 Å². The van der Waals surface area contributed by atoms with Gasteiger partial charge >= 0.3 is 6.09 Å². The molecule has 0 radical (unpaired) electrons. The molecule has 2 aliphatic rings. The van der Waals surface area contributed by atoms with E-state index in [2.05, 4.69) is 10.3 Å². The fraction of sp³-hybridized carbons (Fsp3) is 0.619. The number of amides is 1. The van der Waals surface area contributed by atoms with E-state index < -0.39 is 6.09 Å². The van der Waals surface area contributed by atoms with Crippen LogP contribution in [-0.4, -0.2) is 41.9 Å². The van der Waals surface area contributed by atoms with Gasteiger partial charge in [-0.1, -0.05) is 6.42 Å². The average Bonchev–Trinajstić information content (AvgIpc) is 2.67. The van der Waals surface area contributed by atoms with Crippen molar-refractivity contribution in [1.29, 1.82) is 0 Å². The molecule has 8 nitrogen and oxygen atoms in total. The zero-order valence-electron chi connectivity index (χ0n) is 17.4. The van der Waals surface area contributed by atoms with Gasteiger partial charge in [0.05, 0.1) is 35.4 Å². The summed E-state index contributed by atoms with van der Waals surface area (Å²) >= 11 is 0. The first kappa shape index (κ1) is 21.2. The van der Waals surface area contributed by atoms with E-state index in [1.165, 1.54) is 24.3 Å². The number of aromatic nitrogens is 1. The summed E-state index contributed by atoms with van der Waals surface area (Å²) in [4.78, 5) is 16.5. The van der Waals surface area contributed by atoms with Crippen LogP contribution in [0.2, 0.25) is 0 Å². The summed E-state index contributed by atoms with van der Waals surface area (Å²) in [5.74, 6) is 6.73. The Morgan fingerprint density at radius 2 is 1.86 bits per heavy atom. The lowest BCUT2D eigenvalue weighted by molar-refractivity contribution is 0.0527. The van der Waals surface area contributed by atoms with Crippen LogP contribution in [0.15, 0.2) is 17.8 Å². The number of carbonyl (C=O) groups is 1. The van der Waals surface area contributed by atoms with Gasteiger partial charge in [0.15, 0.2) is 0 Å². The molecule has 0 aromatic carbocycles. The Bertz CT molecular complexity index is 740. The molecule has 1 aromatic rings. The molecule has 8 heteroatoms. The van der Waals surface area contributed by atoms with Gasteiger partial charge in [0.25, 0.3) is 0 Å². The molecule has 0 unspecified atom stereocenters. The molecular weight excluding hydrogens is 370 g/mol. The van der Waals surface area contributed by atoms with Crippen molar-refractivity contribution in [1.82, 2.24) is 15.3 Å². The molecule has 0 aliphatic heterocycles. The van der Waals surface area contributed by atoms with Crippen molar-refractivity contribution in [2.75, 3.05) is 13.6 Å². The third-order valence-electron chi connectivity index (χ3n) is 5.62. The number of rotatable bonds is 7. The fourth-order valence-corrected chi connectivity index (χ4v) is 3.58. The van der Waals surface area contributed by atoms with Crippen molar-refractivity contribution in [3.8, 4) is 5.75 Å². The Hall–Kier alpha value is -2.48. The highest BCUT2D eigenvalue weighted by Crippen LogP contribution is 2.26. The minimum atomic E-state index is -0.456. The third kappa shape index (κ3) is 5.76. The molecule has 2 aliphatic carbocycles. The van der Waals surface area contributed by atoms with Crippen LogP contribution >= 0.6 is 0 Å². The number of pyridine rings is 1. The predicted molar refractivity (Wildman–Crippen MR) is 112 cm³/mol. The third-order valence-corrected chi connectivity index (χ3v) is 5.62. The Morgan fingerprint density at radius 1 is 1.17 bits per heavy atom. The van der Waals surface area contributed by atoms with Gasteiger partial charge in [-0.05, 0) is 64.0 Å². The van der Waals surface area contributed by atoms with Gasteiger partial charge in [0.1, 0.15) is 11.9 Å². The van der Waals surface area contributed by atoms with Gasteiger partial charge in [-0.3, -0.25) is 0 Å². The summed E-state index contributed by atoms with van der Waals surface area (Å²) in [6.45, 7) is 2.07. The van der Waals surface area contributed by atoms with Crippen LogP contribution in [0.5, 0.6) is 5.75 Å². The van der Waals surface area contributed by atoms with E-state index >= 15 is 0 Å². The number of nitrogens with one attached hydrogen (secondary N) is 1. The predicted octanol–water partition coefficient (Wildman–Crippen LogP) is 2.81. The van der Waals surface area contributed by atoms with Crippen LogP contribution in [0.4, 0.5) is 4.79 Å². The van der Waals surface area contributed by atoms with Crippen molar-refractivity contribution < 1.29 is 14.3 Å². The molecule has 1 aromatic heterocycles. The maximum atomic E-state index is 11.9. The van der Waals surface area contributed by atoms with Gasteiger partial charge in [-0.25, -0.2) is 15.6 Å². The fourth-order valence-electron chi connectivity index (χ4n) is 3.58. The summed E-state index contributed by atoms with van der Waals surface area (Å²) in [5, 5.41) is 4.11. The van der Waals surface area contributed by atoms with E-state index in [0.29, 0.717) is 17.1 Å². The van der Waals surface area contributed by atoms with Crippen LogP contribution in [0.25, 0.3) is 5.70 Å². The Kier molecular flexibility index (Phi) is 7.19. The first-order valence-electron chi connectivity index (χ1n) is 10.5. The lowest BCUT2D eigenvalue weighted by Crippen LogP contribution is -2.38. The second kappa shape index (κ2) is 9.82. The molecule has 0 bridgehead atoms. The van der Waals surface area contributed by atoms with Crippen molar-refractivity contribution in [3.63, 3.8) is 0 Å². The molecule has 160 valence electrons. The molecule has 29 heavy (non-hydrogen) atoms. The number of ether oxygens (including phenoxy) is 2. The first-order chi connectivity index (χ1) is 13.9. The molecule has 0 spiro atoms. The van der Waals surface area contributed by atoms with Crippen LogP contribution in [0, 0.1) is 6.92 Å². The minimum absolute atomic E-state index is 0.0245. The second-order valence-electron chi connectivity index (χ2n) is 7.94. The molecule has 2 fully saturated rings. The number of hydrogen-bond acceptors (Lipinski definition) is 7. The number of nitrogens with zero attached hydrogens (tertiary/aromatic N) is 2. The summed E-state index contributed by atoms with van der Waals surface area (Å²) in [5.41, 5.74) is 8.68. The number of nitrogens with two attached hydrogens (primary N) is 2. The van der Waals surface area contributed by atoms with Crippen molar-refractivity contribution in [2.45, 2.75) is 70.5 Å². The van der Waals surface area contributed by atoms with Crippen molar-refractivity contribution in [3.05, 3.63) is 29.2 Å². The Balaban J connectivity index is 1.66. The lowest BCUT2D eigenvalue weighted by atomic mass is 9.96. The number of carbonyl (C=O) groups excluding carboxylic acids is 1. The SMILES string of the molecule is Cc1nc(/C(N)=C(\CNC(=O)OC2CCC2)N(C)N)ccc1OC1CCCCC1. The Labute approximate surface area is 172 Å². The maximum absolute atomic E-state index is 11.9. The molecule has 5 N–H and O–H groups in total. The number of hydrazine groups is 1. The first-order valence-corrected chi connectivity index (χ1v) is 10.5. The molecular formula is C21H33N5O3. The number of aryl methyl sites for hydroxylation is 1. The number of hydrogen-bond donors (Lipinski definition) is 3. The second-order valence-corrected chi connectivity index (χ2v) is 7.94. The highest BCUT2D eigenvalue weighted by atomic mass is 16.6.